The summed E-state index contributed by atoms with van der Waals surface area (Å²) >= 11 is 0. The highest BCUT2D eigenvalue weighted by Crippen LogP contribution is 2.13. The number of aryl methyl sites for hydroxylation is 2. The molecule has 2 aromatic carbocycles. The average molecular weight is 331 g/mol. The third-order valence-electron chi connectivity index (χ3n) is 4.24. The van der Waals surface area contributed by atoms with Gasteiger partial charge in [0.15, 0.2) is 12.4 Å². The minimum absolute atomic E-state index is 0.120. The van der Waals surface area contributed by atoms with Crippen LogP contribution in [0.2, 0.25) is 0 Å². The van der Waals surface area contributed by atoms with E-state index in [9.17, 15) is 4.79 Å². The zero-order valence-corrected chi connectivity index (χ0v) is 14.7. The second-order valence-electron chi connectivity index (χ2n) is 6.34. The summed E-state index contributed by atoms with van der Waals surface area (Å²) in [7, 11) is 0. The molecule has 3 nitrogen and oxygen atoms in total. The lowest BCUT2D eigenvalue weighted by Crippen LogP contribution is -2.37. The van der Waals surface area contributed by atoms with Crippen molar-refractivity contribution in [3.8, 4) is 0 Å². The number of hydrogen-bond donors (Lipinski definition) is 1. The van der Waals surface area contributed by atoms with Crippen LogP contribution in [-0.4, -0.2) is 5.78 Å². The molecule has 0 atom stereocenters. The third-order valence-corrected chi connectivity index (χ3v) is 4.24. The lowest BCUT2D eigenvalue weighted by molar-refractivity contribution is -0.683. The molecule has 0 radical (unpaired) electrons. The van der Waals surface area contributed by atoms with E-state index in [1.54, 1.807) is 0 Å². The standard InChI is InChI=1S/C22H22N2O/c1-17-8-10-20(11-9-17)22(25)16-24-13-12-21(18(2)15-24)23-14-19-6-4-3-5-7-19/h3-13,15H,14,16H2,1-2H3/p+1. The Balaban J connectivity index is 1.65. The van der Waals surface area contributed by atoms with Gasteiger partial charge in [-0.1, -0.05) is 60.2 Å². The Morgan fingerprint density at radius 1 is 0.960 bits per heavy atom. The zero-order valence-electron chi connectivity index (χ0n) is 14.7. The van der Waals surface area contributed by atoms with E-state index in [2.05, 4.69) is 24.4 Å². The van der Waals surface area contributed by atoms with E-state index < -0.39 is 0 Å². The molecule has 1 heterocycles. The van der Waals surface area contributed by atoms with Crippen LogP contribution in [0.15, 0.2) is 73.1 Å². The van der Waals surface area contributed by atoms with Crippen LogP contribution < -0.4 is 9.88 Å². The van der Waals surface area contributed by atoms with Crippen molar-refractivity contribution in [2.75, 3.05) is 5.32 Å². The van der Waals surface area contributed by atoms with Gasteiger partial charge >= 0.3 is 0 Å². The molecule has 1 aromatic heterocycles. The Hall–Kier alpha value is -2.94. The van der Waals surface area contributed by atoms with Gasteiger partial charge in [0.05, 0.1) is 0 Å². The van der Waals surface area contributed by atoms with E-state index in [0.29, 0.717) is 6.54 Å². The van der Waals surface area contributed by atoms with Crippen molar-refractivity contribution in [3.63, 3.8) is 0 Å². The molecular weight excluding hydrogens is 308 g/mol. The van der Waals surface area contributed by atoms with Crippen LogP contribution in [0.25, 0.3) is 0 Å². The van der Waals surface area contributed by atoms with E-state index in [1.807, 2.05) is 72.4 Å². The number of aromatic nitrogens is 1. The molecule has 3 aromatic rings. The minimum atomic E-state index is 0.120. The number of nitrogens with one attached hydrogen (secondary N) is 1. The Morgan fingerprint density at radius 3 is 2.36 bits per heavy atom. The van der Waals surface area contributed by atoms with E-state index >= 15 is 0 Å². The number of carbonyl (C=O) groups excluding carboxylic acids is 1. The number of nitrogens with zero attached hydrogens (tertiary/aromatic N) is 1. The molecule has 0 unspecified atom stereocenters. The summed E-state index contributed by atoms with van der Waals surface area (Å²) in [6.07, 6.45) is 3.96. The average Bonchev–Trinajstić information content (AvgIpc) is 2.62. The van der Waals surface area contributed by atoms with Gasteiger partial charge in [-0.15, -0.1) is 0 Å². The number of hydrogen-bond acceptors (Lipinski definition) is 2. The fourth-order valence-corrected chi connectivity index (χ4v) is 2.75. The molecular formula is C22H23N2O+. The largest absolute Gasteiger partial charge is 0.380 e. The molecule has 0 saturated carbocycles. The van der Waals surface area contributed by atoms with Crippen LogP contribution in [0.1, 0.15) is 27.0 Å². The predicted octanol–water partition coefficient (Wildman–Crippen LogP) is 4.09. The van der Waals surface area contributed by atoms with Gasteiger partial charge in [0, 0.05) is 29.4 Å². The monoisotopic (exact) mass is 331 g/mol. The van der Waals surface area contributed by atoms with Gasteiger partial charge in [-0.05, 0) is 19.4 Å². The van der Waals surface area contributed by atoms with Crippen LogP contribution >= 0.6 is 0 Å². The Kier molecular flexibility index (Phi) is 5.24. The lowest BCUT2D eigenvalue weighted by atomic mass is 10.1. The topological polar surface area (TPSA) is 33.0 Å². The predicted molar refractivity (Wildman–Crippen MR) is 101 cm³/mol. The van der Waals surface area contributed by atoms with E-state index in [1.165, 1.54) is 5.56 Å². The number of carbonyl (C=O) groups is 1. The lowest BCUT2D eigenvalue weighted by Gasteiger charge is -2.08. The van der Waals surface area contributed by atoms with Gasteiger partial charge in [0.1, 0.15) is 0 Å². The van der Waals surface area contributed by atoms with Crippen LogP contribution in [0, 0.1) is 13.8 Å². The molecule has 3 rings (SSSR count). The van der Waals surface area contributed by atoms with Crippen LogP contribution in [0.3, 0.4) is 0 Å². The van der Waals surface area contributed by atoms with Crippen molar-refractivity contribution in [1.82, 2.24) is 0 Å². The molecule has 0 fully saturated rings. The highest BCUT2D eigenvalue weighted by molar-refractivity contribution is 5.95. The smallest absolute Gasteiger partial charge is 0.227 e. The van der Waals surface area contributed by atoms with Gasteiger partial charge in [-0.3, -0.25) is 4.79 Å². The molecule has 126 valence electrons. The van der Waals surface area contributed by atoms with Crippen molar-refractivity contribution in [2.24, 2.45) is 0 Å². The number of Topliss-reactive ketones (excluding diaryl/α,β-unsaturated/α-hetero) is 1. The molecule has 0 spiro atoms. The normalized spacial score (nSPS) is 10.5. The van der Waals surface area contributed by atoms with Crippen molar-refractivity contribution >= 4 is 11.5 Å². The quantitative estimate of drug-likeness (QED) is 0.545. The van der Waals surface area contributed by atoms with Crippen molar-refractivity contribution in [2.45, 2.75) is 26.9 Å². The van der Waals surface area contributed by atoms with Crippen molar-refractivity contribution in [1.29, 1.82) is 0 Å². The number of rotatable bonds is 6. The van der Waals surface area contributed by atoms with Crippen molar-refractivity contribution in [3.05, 3.63) is 95.3 Å². The second-order valence-corrected chi connectivity index (χ2v) is 6.34. The minimum Gasteiger partial charge on any atom is -0.380 e. The summed E-state index contributed by atoms with van der Waals surface area (Å²) < 4.78 is 1.94. The summed E-state index contributed by atoms with van der Waals surface area (Å²) in [4.78, 5) is 12.4. The number of ketones is 1. The van der Waals surface area contributed by atoms with Crippen molar-refractivity contribution < 1.29 is 9.36 Å². The van der Waals surface area contributed by atoms with Crippen LogP contribution in [-0.2, 0) is 13.1 Å². The number of benzene rings is 2. The summed E-state index contributed by atoms with van der Waals surface area (Å²) in [6.45, 7) is 5.21. The number of anilines is 1. The molecule has 0 amide bonds. The fourth-order valence-electron chi connectivity index (χ4n) is 2.75. The Morgan fingerprint density at radius 2 is 1.68 bits per heavy atom. The van der Waals surface area contributed by atoms with E-state index in [0.717, 1.165) is 28.9 Å². The highest BCUT2D eigenvalue weighted by Gasteiger charge is 2.13. The molecule has 0 bridgehead atoms. The third kappa shape index (κ3) is 4.54. The maximum absolute atomic E-state index is 12.4. The van der Waals surface area contributed by atoms with Gasteiger partial charge < -0.3 is 5.32 Å². The Labute approximate surface area is 149 Å². The molecule has 0 aliphatic rings. The molecule has 0 saturated heterocycles. The maximum atomic E-state index is 12.4. The SMILES string of the molecule is Cc1ccc(C(=O)C[n+]2ccc(NCc3ccccc3)c(C)c2)cc1. The molecule has 1 N–H and O–H groups in total. The second kappa shape index (κ2) is 7.75. The first-order valence-corrected chi connectivity index (χ1v) is 8.49. The number of pyridine rings is 1. The molecule has 0 aliphatic heterocycles. The highest BCUT2D eigenvalue weighted by atomic mass is 16.1. The summed E-state index contributed by atoms with van der Waals surface area (Å²) in [5.74, 6) is 0.120. The van der Waals surface area contributed by atoms with Gasteiger partial charge in [0.2, 0.25) is 12.3 Å². The van der Waals surface area contributed by atoms with Gasteiger partial charge in [-0.2, -0.15) is 4.57 Å². The van der Waals surface area contributed by atoms with E-state index in [-0.39, 0.29) is 5.78 Å². The van der Waals surface area contributed by atoms with Crippen LogP contribution in [0.4, 0.5) is 5.69 Å². The maximum Gasteiger partial charge on any atom is 0.227 e. The first kappa shape index (κ1) is 16.9. The van der Waals surface area contributed by atoms with Gasteiger partial charge in [-0.25, -0.2) is 0 Å². The molecule has 3 heteroatoms. The Bertz CT molecular complexity index is 855. The molecule has 0 aliphatic carbocycles. The summed E-state index contributed by atoms with van der Waals surface area (Å²) in [6, 6.07) is 20.1. The fraction of sp³-hybridized carbons (Fsp3) is 0.182. The molecule has 25 heavy (non-hydrogen) atoms. The van der Waals surface area contributed by atoms with Gasteiger partial charge in [0.25, 0.3) is 0 Å². The summed E-state index contributed by atoms with van der Waals surface area (Å²) in [5, 5.41) is 3.45. The van der Waals surface area contributed by atoms with Crippen LogP contribution in [0.5, 0.6) is 0 Å². The first-order chi connectivity index (χ1) is 12.1. The van der Waals surface area contributed by atoms with E-state index in [4.69, 9.17) is 0 Å². The first-order valence-electron chi connectivity index (χ1n) is 8.49. The zero-order chi connectivity index (χ0) is 17.6. The summed E-state index contributed by atoms with van der Waals surface area (Å²) in [5.41, 5.74) is 5.36.